The number of benzene rings is 2. The molecule has 0 unspecified atom stereocenters. The number of carbonyl (C=O) groups is 1. The second-order valence-electron chi connectivity index (χ2n) is 14.5. The molecular weight excluding hydrogens is 709 g/mol. The van der Waals surface area contributed by atoms with Gasteiger partial charge < -0.3 is 24.5 Å². The molecule has 1 N–H and O–H groups in total. The summed E-state index contributed by atoms with van der Waals surface area (Å²) in [7, 11) is 0. The number of likely N-dealkylation sites (tertiary alicyclic amines) is 1. The molecule has 1 aliphatic carbocycles. The maximum Gasteiger partial charge on any atom is 0.471 e. The molecule has 0 spiro atoms. The van der Waals surface area contributed by atoms with Crippen molar-refractivity contribution in [3.63, 3.8) is 0 Å². The lowest BCUT2D eigenvalue weighted by molar-refractivity contribution is -0.188. The van der Waals surface area contributed by atoms with Crippen molar-refractivity contribution >= 4 is 33.4 Å². The summed E-state index contributed by atoms with van der Waals surface area (Å²) < 4.78 is 109. The molecule has 1 amide bonds. The van der Waals surface area contributed by atoms with Crippen molar-refractivity contribution in [1.29, 1.82) is 0 Å². The zero-order valence-electron chi connectivity index (χ0n) is 28.2. The first-order valence-electron chi connectivity index (χ1n) is 17.4. The zero-order chi connectivity index (χ0) is 37.4. The molecule has 2 atom stereocenters. The van der Waals surface area contributed by atoms with Gasteiger partial charge in [0.25, 0.3) is 0 Å². The van der Waals surface area contributed by atoms with Crippen LogP contribution >= 0.6 is 0 Å². The van der Waals surface area contributed by atoms with Crippen LogP contribution in [0.4, 0.5) is 36.6 Å². The van der Waals surface area contributed by atoms with Gasteiger partial charge in [0, 0.05) is 49.1 Å². The Morgan fingerprint density at radius 3 is 2.34 bits per heavy atom. The number of aromatic hydroxyl groups is 1. The molecule has 1 saturated carbocycles. The standard InChI is InChI=1S/C37H33F7N6O3/c1-2-24-26(39)6-3-19-13-23(51)14-25(27(19)24)30-29(40)31-28(32(41)45-30)33(49-15-21-4-5-22(16-49)50(21)34(52)37(42,43)44)47-35(46-31)53-18-36(9-10-36)17-48-11-7-20(38)8-12-48/h1,3,6,13-14,20-22,51H,4-5,7-12,15-18H2/t21-,22+. The smallest absolute Gasteiger partial charge is 0.471 e. The summed E-state index contributed by atoms with van der Waals surface area (Å²) in [6, 6.07) is 2.68. The molecule has 0 radical (unpaired) electrons. The van der Waals surface area contributed by atoms with Crippen LogP contribution in [-0.4, -0.2) is 99.5 Å². The van der Waals surface area contributed by atoms with Gasteiger partial charge in [-0.25, -0.2) is 18.2 Å². The molecule has 16 heteroatoms. The van der Waals surface area contributed by atoms with Crippen molar-refractivity contribution in [3.8, 4) is 35.4 Å². The van der Waals surface area contributed by atoms with Gasteiger partial charge in [0.2, 0.25) is 5.95 Å². The number of amides is 1. The van der Waals surface area contributed by atoms with Crippen molar-refractivity contribution in [2.45, 2.75) is 63.0 Å². The minimum absolute atomic E-state index is 0.00398. The zero-order valence-corrected chi connectivity index (χ0v) is 28.2. The van der Waals surface area contributed by atoms with E-state index < -0.39 is 64.5 Å². The number of piperazine rings is 1. The van der Waals surface area contributed by atoms with E-state index in [4.69, 9.17) is 11.2 Å². The Balaban J connectivity index is 1.22. The molecule has 3 saturated heterocycles. The number of ether oxygens (including phenoxy) is 1. The summed E-state index contributed by atoms with van der Waals surface area (Å²) in [6.45, 7) is 1.61. The maximum absolute atomic E-state index is 16.9. The SMILES string of the molecule is C#Cc1c(F)ccc2cc(O)cc(-c3nc(F)c4c(N5C[C@H]6CC[C@@H](C5)N6C(=O)C(F)(F)F)nc(OCC5(CN6CCC(F)CC6)CC5)nc4c3F)c12. The van der Waals surface area contributed by atoms with E-state index in [1.54, 1.807) is 0 Å². The summed E-state index contributed by atoms with van der Waals surface area (Å²) in [6.07, 6.45) is 2.68. The van der Waals surface area contributed by atoms with E-state index in [9.17, 15) is 31.9 Å². The highest BCUT2D eigenvalue weighted by atomic mass is 19.4. The maximum atomic E-state index is 16.9. The fourth-order valence-electron chi connectivity index (χ4n) is 8.15. The van der Waals surface area contributed by atoms with Crippen LogP contribution < -0.4 is 9.64 Å². The van der Waals surface area contributed by atoms with Gasteiger partial charge in [-0.05, 0) is 62.1 Å². The Morgan fingerprint density at radius 2 is 1.70 bits per heavy atom. The van der Waals surface area contributed by atoms with E-state index in [0.717, 1.165) is 29.9 Å². The van der Waals surface area contributed by atoms with Gasteiger partial charge in [0.15, 0.2) is 5.82 Å². The quantitative estimate of drug-likeness (QED) is 0.134. The number of anilines is 1. The first kappa shape index (κ1) is 35.1. The van der Waals surface area contributed by atoms with E-state index in [1.807, 2.05) is 0 Å². The van der Waals surface area contributed by atoms with Gasteiger partial charge >= 0.3 is 18.1 Å². The number of carbonyl (C=O) groups excluding carboxylic acids is 1. The number of hydrogen-bond acceptors (Lipinski definition) is 8. The first-order valence-corrected chi connectivity index (χ1v) is 17.4. The molecule has 8 rings (SSSR count). The minimum Gasteiger partial charge on any atom is -0.508 e. The summed E-state index contributed by atoms with van der Waals surface area (Å²) in [5, 5.41) is 10.3. The van der Waals surface area contributed by atoms with E-state index in [2.05, 4.69) is 25.8 Å². The van der Waals surface area contributed by atoms with Gasteiger partial charge in [-0.3, -0.25) is 4.79 Å². The minimum atomic E-state index is -5.08. The molecule has 4 aromatic rings. The van der Waals surface area contributed by atoms with Crippen LogP contribution in [-0.2, 0) is 4.79 Å². The van der Waals surface area contributed by atoms with Crippen molar-refractivity contribution in [3.05, 3.63) is 47.4 Å². The molecule has 2 aromatic carbocycles. The molecule has 278 valence electrons. The number of hydrogen-bond donors (Lipinski definition) is 1. The average Bonchev–Trinajstić information content (AvgIpc) is 3.84. The van der Waals surface area contributed by atoms with Crippen LogP contribution in [0.1, 0.15) is 44.1 Å². The number of phenolic OH excluding ortho intramolecular Hbond substituents is 1. The van der Waals surface area contributed by atoms with Gasteiger partial charge in [-0.15, -0.1) is 6.42 Å². The lowest BCUT2D eigenvalue weighted by Gasteiger charge is -2.42. The highest BCUT2D eigenvalue weighted by Crippen LogP contribution is 2.47. The van der Waals surface area contributed by atoms with Crippen LogP contribution in [0.3, 0.4) is 0 Å². The average molecular weight is 743 g/mol. The lowest BCUT2D eigenvalue weighted by atomic mass is 9.95. The number of terminal acetylenes is 1. The predicted molar refractivity (Wildman–Crippen MR) is 179 cm³/mol. The lowest BCUT2D eigenvalue weighted by Crippen LogP contribution is -2.59. The molecule has 53 heavy (non-hydrogen) atoms. The van der Waals surface area contributed by atoms with E-state index >= 15 is 8.78 Å². The molecule has 2 aromatic heterocycles. The number of aromatic nitrogens is 3. The van der Waals surface area contributed by atoms with E-state index in [1.165, 1.54) is 17.0 Å². The Bertz CT molecular complexity index is 2170. The summed E-state index contributed by atoms with van der Waals surface area (Å²) in [5.74, 6) is -3.49. The molecule has 2 bridgehead atoms. The van der Waals surface area contributed by atoms with Gasteiger partial charge in [0.1, 0.15) is 40.2 Å². The highest BCUT2D eigenvalue weighted by Gasteiger charge is 2.52. The van der Waals surface area contributed by atoms with Crippen molar-refractivity contribution in [2.75, 3.05) is 44.2 Å². The van der Waals surface area contributed by atoms with Crippen molar-refractivity contribution in [1.82, 2.24) is 24.8 Å². The monoisotopic (exact) mass is 742 g/mol. The number of fused-ring (bicyclic) bond motifs is 4. The highest BCUT2D eigenvalue weighted by molar-refractivity contribution is 6.03. The second kappa shape index (κ2) is 12.9. The molecule has 9 nitrogen and oxygen atoms in total. The van der Waals surface area contributed by atoms with Crippen LogP contribution in [0.15, 0.2) is 24.3 Å². The Hall–Kier alpha value is -4.91. The molecular formula is C37H33F7N6O3. The summed E-state index contributed by atoms with van der Waals surface area (Å²) >= 11 is 0. The van der Waals surface area contributed by atoms with E-state index in [-0.39, 0.29) is 77.4 Å². The van der Waals surface area contributed by atoms with Gasteiger partial charge in [0.05, 0.1) is 24.3 Å². The summed E-state index contributed by atoms with van der Waals surface area (Å²) in [4.78, 5) is 29.5. The van der Waals surface area contributed by atoms with Gasteiger partial charge in [-0.2, -0.15) is 27.5 Å². The Labute approximate surface area is 298 Å². The first-order chi connectivity index (χ1) is 25.2. The van der Waals surface area contributed by atoms with Crippen LogP contribution in [0.25, 0.3) is 32.9 Å². The number of halogens is 7. The fourth-order valence-corrected chi connectivity index (χ4v) is 8.15. The van der Waals surface area contributed by atoms with Gasteiger partial charge in [-0.1, -0.05) is 12.0 Å². The van der Waals surface area contributed by atoms with Crippen LogP contribution in [0.2, 0.25) is 0 Å². The Kier molecular flexibility index (Phi) is 8.55. The van der Waals surface area contributed by atoms with Crippen molar-refractivity contribution < 1.29 is 45.4 Å². The fraction of sp³-hybridized carbons (Fsp3) is 0.459. The molecule has 4 fully saturated rings. The molecule has 3 aliphatic heterocycles. The number of pyridine rings is 1. The molecule has 5 heterocycles. The number of piperidine rings is 1. The number of rotatable bonds is 7. The third-order valence-corrected chi connectivity index (χ3v) is 11.0. The third-order valence-electron chi connectivity index (χ3n) is 11.0. The normalized spacial score (nSPS) is 21.7. The molecule has 4 aliphatic rings. The van der Waals surface area contributed by atoms with E-state index in [0.29, 0.717) is 32.5 Å². The summed E-state index contributed by atoms with van der Waals surface area (Å²) in [5.41, 5.74) is -1.98. The second-order valence-corrected chi connectivity index (χ2v) is 14.5. The Morgan fingerprint density at radius 1 is 1.00 bits per heavy atom. The number of nitrogens with zero attached hydrogens (tertiary/aromatic N) is 6. The third kappa shape index (κ3) is 6.32. The largest absolute Gasteiger partial charge is 0.508 e. The predicted octanol–water partition coefficient (Wildman–Crippen LogP) is 6.28. The number of phenols is 1. The van der Waals surface area contributed by atoms with Crippen LogP contribution in [0, 0.1) is 35.3 Å². The topological polar surface area (TPSA) is 94.9 Å². The van der Waals surface area contributed by atoms with Crippen LogP contribution in [0.5, 0.6) is 11.8 Å². The van der Waals surface area contributed by atoms with Crippen molar-refractivity contribution in [2.24, 2.45) is 5.41 Å². The number of alkyl halides is 4.